The van der Waals surface area contributed by atoms with Crippen molar-refractivity contribution in [3.8, 4) is 5.75 Å². The Morgan fingerprint density at radius 3 is 2.67 bits per heavy atom. The van der Waals surface area contributed by atoms with E-state index in [0.29, 0.717) is 13.0 Å². The van der Waals surface area contributed by atoms with Crippen LogP contribution in [0.25, 0.3) is 6.08 Å². The molecule has 1 aliphatic heterocycles. The van der Waals surface area contributed by atoms with Gasteiger partial charge in [0.05, 0.1) is 18.1 Å². The Morgan fingerprint density at radius 1 is 1.38 bits per heavy atom. The maximum atomic E-state index is 11.7. The van der Waals surface area contributed by atoms with Crippen LogP contribution in [-0.2, 0) is 14.6 Å². The van der Waals surface area contributed by atoms with Crippen molar-refractivity contribution in [2.75, 3.05) is 18.1 Å². The molecule has 0 spiro atoms. The highest BCUT2D eigenvalue weighted by Crippen LogP contribution is 2.13. The summed E-state index contributed by atoms with van der Waals surface area (Å²) in [5.74, 6) is 0.706. The number of rotatable bonds is 5. The largest absolute Gasteiger partial charge is 0.494 e. The summed E-state index contributed by atoms with van der Waals surface area (Å²) in [4.78, 5) is 11.7. The van der Waals surface area contributed by atoms with Crippen molar-refractivity contribution in [1.82, 2.24) is 5.32 Å². The average Bonchev–Trinajstić information content (AvgIpc) is 2.77. The number of nitrogens with one attached hydrogen (secondary N) is 1. The lowest BCUT2D eigenvalue weighted by Crippen LogP contribution is -2.34. The predicted molar refractivity (Wildman–Crippen MR) is 81.8 cm³/mol. The molecule has 2 rings (SSSR count). The topological polar surface area (TPSA) is 72.5 Å². The van der Waals surface area contributed by atoms with E-state index < -0.39 is 9.84 Å². The monoisotopic (exact) mass is 309 g/mol. The van der Waals surface area contributed by atoms with Gasteiger partial charge in [-0.3, -0.25) is 4.79 Å². The highest BCUT2D eigenvalue weighted by atomic mass is 32.2. The van der Waals surface area contributed by atoms with Crippen molar-refractivity contribution in [3.05, 3.63) is 35.9 Å². The Hall–Kier alpha value is -1.82. The molecule has 114 valence electrons. The zero-order valence-electron chi connectivity index (χ0n) is 11.9. The molecular formula is C15H19NO4S. The van der Waals surface area contributed by atoms with Gasteiger partial charge in [-0.05, 0) is 37.1 Å². The number of benzene rings is 1. The summed E-state index contributed by atoms with van der Waals surface area (Å²) >= 11 is 0. The first kappa shape index (κ1) is 15.6. The number of ether oxygens (including phenoxy) is 1. The summed E-state index contributed by atoms with van der Waals surface area (Å²) < 4.78 is 27.9. The number of carbonyl (C=O) groups excluding carboxylic acids is 1. The third-order valence-corrected chi connectivity index (χ3v) is 4.97. The highest BCUT2D eigenvalue weighted by Gasteiger charge is 2.28. The number of hydrogen-bond acceptors (Lipinski definition) is 4. The van der Waals surface area contributed by atoms with Gasteiger partial charge in [0.1, 0.15) is 5.75 Å². The zero-order valence-corrected chi connectivity index (χ0v) is 12.7. The van der Waals surface area contributed by atoms with Crippen LogP contribution in [0.4, 0.5) is 0 Å². The minimum atomic E-state index is -2.97. The Balaban J connectivity index is 1.87. The lowest BCUT2D eigenvalue weighted by Gasteiger charge is -2.07. The second-order valence-electron chi connectivity index (χ2n) is 4.94. The van der Waals surface area contributed by atoms with Crippen LogP contribution in [0.5, 0.6) is 5.75 Å². The molecule has 5 nitrogen and oxygen atoms in total. The van der Waals surface area contributed by atoms with E-state index in [4.69, 9.17) is 4.74 Å². The van der Waals surface area contributed by atoms with Gasteiger partial charge in [0, 0.05) is 12.1 Å². The minimum Gasteiger partial charge on any atom is -0.494 e. The third-order valence-electron chi connectivity index (χ3n) is 3.20. The average molecular weight is 309 g/mol. The van der Waals surface area contributed by atoms with Crippen molar-refractivity contribution in [3.63, 3.8) is 0 Å². The van der Waals surface area contributed by atoms with Crippen LogP contribution in [0.3, 0.4) is 0 Å². The van der Waals surface area contributed by atoms with Crippen molar-refractivity contribution >= 4 is 21.8 Å². The summed E-state index contributed by atoms with van der Waals surface area (Å²) in [5, 5.41) is 2.71. The molecule has 0 bridgehead atoms. The molecule has 0 radical (unpaired) electrons. The van der Waals surface area contributed by atoms with Crippen LogP contribution >= 0.6 is 0 Å². The number of hydrogen-bond donors (Lipinski definition) is 1. The standard InChI is InChI=1S/C15H19NO4S/c1-2-20-14-6-3-12(4-7-14)5-8-15(17)16-13-9-10-21(18,19)11-13/h3-8,13H,2,9-11H2,1H3,(H,16,17)/b8-5+. The fourth-order valence-electron chi connectivity index (χ4n) is 2.17. The molecule has 1 aromatic rings. The number of amides is 1. The van der Waals surface area contributed by atoms with Gasteiger partial charge in [-0.25, -0.2) is 8.42 Å². The van der Waals surface area contributed by atoms with Gasteiger partial charge in [0.25, 0.3) is 0 Å². The van der Waals surface area contributed by atoms with E-state index in [1.54, 1.807) is 6.08 Å². The fraction of sp³-hybridized carbons (Fsp3) is 0.400. The molecule has 1 aliphatic rings. The van der Waals surface area contributed by atoms with Gasteiger partial charge < -0.3 is 10.1 Å². The number of sulfone groups is 1. The Kier molecular flexibility index (Phi) is 5.01. The summed E-state index contributed by atoms with van der Waals surface area (Å²) in [5.41, 5.74) is 0.882. The minimum absolute atomic E-state index is 0.0373. The molecule has 21 heavy (non-hydrogen) atoms. The molecule has 0 saturated carbocycles. The van der Waals surface area contributed by atoms with Gasteiger partial charge in [0.15, 0.2) is 9.84 Å². The molecule has 1 atom stereocenters. The molecule has 6 heteroatoms. The van der Waals surface area contributed by atoms with Gasteiger partial charge >= 0.3 is 0 Å². The molecule has 0 aromatic heterocycles. The summed E-state index contributed by atoms with van der Waals surface area (Å²) in [6.45, 7) is 2.53. The third kappa shape index (κ3) is 4.90. The molecule has 1 amide bonds. The second-order valence-corrected chi connectivity index (χ2v) is 7.17. The van der Waals surface area contributed by atoms with Crippen molar-refractivity contribution in [1.29, 1.82) is 0 Å². The van der Waals surface area contributed by atoms with E-state index in [9.17, 15) is 13.2 Å². The van der Waals surface area contributed by atoms with Crippen LogP contribution in [0.1, 0.15) is 18.9 Å². The smallest absolute Gasteiger partial charge is 0.244 e. The lowest BCUT2D eigenvalue weighted by molar-refractivity contribution is -0.116. The molecule has 0 aliphatic carbocycles. The zero-order chi connectivity index (χ0) is 15.3. The SMILES string of the molecule is CCOc1ccc(/C=C/C(=O)NC2CCS(=O)(=O)C2)cc1. The maximum absolute atomic E-state index is 11.7. The summed E-state index contributed by atoms with van der Waals surface area (Å²) in [6, 6.07) is 7.12. The van der Waals surface area contributed by atoms with Crippen molar-refractivity contribution < 1.29 is 17.9 Å². The first-order valence-corrected chi connectivity index (χ1v) is 8.72. The molecule has 1 fully saturated rings. The van der Waals surface area contributed by atoms with Crippen LogP contribution in [0.15, 0.2) is 30.3 Å². The van der Waals surface area contributed by atoms with Gasteiger partial charge in [-0.1, -0.05) is 12.1 Å². The van der Waals surface area contributed by atoms with Crippen molar-refractivity contribution in [2.45, 2.75) is 19.4 Å². The van der Waals surface area contributed by atoms with E-state index in [0.717, 1.165) is 11.3 Å². The lowest BCUT2D eigenvalue weighted by atomic mass is 10.2. The van der Waals surface area contributed by atoms with Gasteiger partial charge in [-0.15, -0.1) is 0 Å². The predicted octanol–water partition coefficient (Wildman–Crippen LogP) is 1.40. The Labute approximate surface area is 124 Å². The van der Waals surface area contributed by atoms with Crippen molar-refractivity contribution in [2.24, 2.45) is 0 Å². The maximum Gasteiger partial charge on any atom is 0.244 e. The van der Waals surface area contributed by atoms with Crippen LogP contribution < -0.4 is 10.1 Å². The van der Waals surface area contributed by atoms with E-state index in [1.807, 2.05) is 31.2 Å². The quantitative estimate of drug-likeness (QED) is 0.835. The first-order valence-electron chi connectivity index (χ1n) is 6.90. The number of carbonyl (C=O) groups is 1. The molecule has 1 unspecified atom stereocenters. The second kappa shape index (κ2) is 6.76. The Bertz CT molecular complexity index is 620. The Morgan fingerprint density at radius 2 is 2.10 bits per heavy atom. The molecule has 1 aromatic carbocycles. The van der Waals surface area contributed by atoms with Gasteiger partial charge in [0.2, 0.25) is 5.91 Å². The van der Waals surface area contributed by atoms with E-state index in [-0.39, 0.29) is 23.5 Å². The van der Waals surface area contributed by atoms with Gasteiger partial charge in [-0.2, -0.15) is 0 Å². The van der Waals surface area contributed by atoms with Crippen LogP contribution in [0.2, 0.25) is 0 Å². The summed E-state index contributed by atoms with van der Waals surface area (Å²) in [7, 11) is -2.97. The van der Waals surface area contributed by atoms with E-state index in [2.05, 4.69) is 5.32 Å². The molecule has 1 N–H and O–H groups in total. The molecule has 1 saturated heterocycles. The van der Waals surface area contributed by atoms with E-state index >= 15 is 0 Å². The normalized spacial score (nSPS) is 20.5. The molecular weight excluding hydrogens is 290 g/mol. The van der Waals surface area contributed by atoms with Crippen LogP contribution in [-0.4, -0.2) is 38.5 Å². The fourth-order valence-corrected chi connectivity index (χ4v) is 3.85. The highest BCUT2D eigenvalue weighted by molar-refractivity contribution is 7.91. The molecule has 1 heterocycles. The van der Waals surface area contributed by atoms with Crippen LogP contribution in [0, 0.1) is 0 Å². The first-order chi connectivity index (χ1) is 9.98. The summed E-state index contributed by atoms with van der Waals surface area (Å²) in [6.07, 6.45) is 3.60. The van der Waals surface area contributed by atoms with E-state index in [1.165, 1.54) is 6.08 Å².